The van der Waals surface area contributed by atoms with Gasteiger partial charge in [-0.1, -0.05) is 66.7 Å². The number of rotatable bonds is 4. The lowest BCUT2D eigenvalue weighted by atomic mass is 9.89. The number of amides is 2. The smallest absolute Gasteiger partial charge is 0.268 e. The Morgan fingerprint density at radius 2 is 1.50 bits per heavy atom. The molecule has 0 spiro atoms. The third-order valence-electron chi connectivity index (χ3n) is 6.34. The van der Waals surface area contributed by atoms with Gasteiger partial charge in [-0.25, -0.2) is 0 Å². The number of nitrogens with zero attached hydrogens (tertiary/aromatic N) is 2. The van der Waals surface area contributed by atoms with Gasteiger partial charge >= 0.3 is 0 Å². The normalized spacial score (nSPS) is 17.2. The van der Waals surface area contributed by atoms with E-state index in [0.29, 0.717) is 11.3 Å². The molecule has 4 aromatic rings. The average Bonchev–Trinajstić information content (AvgIpc) is 3.35. The van der Waals surface area contributed by atoms with Gasteiger partial charge in [-0.15, -0.1) is 11.3 Å². The van der Waals surface area contributed by atoms with Crippen LogP contribution in [0.25, 0.3) is 10.4 Å². The van der Waals surface area contributed by atoms with Crippen LogP contribution in [-0.4, -0.2) is 17.9 Å². The summed E-state index contributed by atoms with van der Waals surface area (Å²) in [4.78, 5) is 32.1. The summed E-state index contributed by atoms with van der Waals surface area (Å²) in [5, 5.41) is 0. The Balaban J connectivity index is 1.52. The van der Waals surface area contributed by atoms with Crippen molar-refractivity contribution in [2.75, 3.05) is 9.80 Å². The largest absolute Gasteiger partial charge is 0.305 e. The Hall–Kier alpha value is -3.70. The number of carbonyl (C=O) groups is 2. The summed E-state index contributed by atoms with van der Waals surface area (Å²) in [7, 11) is 0. The third-order valence-corrected chi connectivity index (χ3v) is 7.46. The number of para-hydroxylation sites is 2. The molecule has 0 unspecified atom stereocenters. The number of fused-ring (bicyclic) bond motifs is 1. The molecule has 5 rings (SSSR count). The van der Waals surface area contributed by atoms with Crippen molar-refractivity contribution in [3.63, 3.8) is 0 Å². The van der Waals surface area contributed by atoms with Crippen LogP contribution in [0.15, 0.2) is 97.1 Å². The minimum Gasteiger partial charge on any atom is -0.305 e. The third kappa shape index (κ3) is 4.03. The second-order valence-electron chi connectivity index (χ2n) is 8.59. The van der Waals surface area contributed by atoms with Gasteiger partial charge in [-0.05, 0) is 54.8 Å². The van der Waals surface area contributed by atoms with Gasteiger partial charge in [-0.3, -0.25) is 9.59 Å². The van der Waals surface area contributed by atoms with Crippen LogP contribution in [0, 0.1) is 0 Å². The van der Waals surface area contributed by atoms with Crippen molar-refractivity contribution in [3.8, 4) is 10.4 Å². The van der Waals surface area contributed by atoms with Crippen molar-refractivity contribution < 1.29 is 9.59 Å². The first kappa shape index (κ1) is 22.1. The Bertz CT molecular complexity index is 1320. The van der Waals surface area contributed by atoms with Crippen LogP contribution in [0.2, 0.25) is 0 Å². The van der Waals surface area contributed by atoms with E-state index in [-0.39, 0.29) is 23.9 Å². The maximum atomic E-state index is 13.8. The molecule has 2 atom stereocenters. The van der Waals surface area contributed by atoms with Crippen LogP contribution in [0.5, 0.6) is 0 Å². The zero-order chi connectivity index (χ0) is 23.7. The summed E-state index contributed by atoms with van der Waals surface area (Å²) in [6.45, 7) is 3.67. The molecule has 0 bridgehead atoms. The van der Waals surface area contributed by atoms with Crippen molar-refractivity contribution in [2.24, 2.45) is 0 Å². The summed E-state index contributed by atoms with van der Waals surface area (Å²) in [6, 6.07) is 31.6. The lowest BCUT2D eigenvalue weighted by Gasteiger charge is -2.43. The molecular formula is C29H26N2O2S. The van der Waals surface area contributed by atoms with Gasteiger partial charge in [0.15, 0.2) is 0 Å². The summed E-state index contributed by atoms with van der Waals surface area (Å²) < 4.78 is 0. The molecule has 0 radical (unpaired) electrons. The highest BCUT2D eigenvalue weighted by Gasteiger charge is 2.38. The van der Waals surface area contributed by atoms with Gasteiger partial charge in [0.25, 0.3) is 5.91 Å². The minimum atomic E-state index is -0.140. The zero-order valence-electron chi connectivity index (χ0n) is 19.2. The Kier molecular flexibility index (Phi) is 6.03. The van der Waals surface area contributed by atoms with Crippen molar-refractivity contribution in [1.82, 2.24) is 0 Å². The molecule has 2 amide bonds. The summed E-state index contributed by atoms with van der Waals surface area (Å²) >= 11 is 1.52. The lowest BCUT2D eigenvalue weighted by Crippen LogP contribution is -2.47. The first-order valence-electron chi connectivity index (χ1n) is 11.5. The molecule has 3 aromatic carbocycles. The van der Waals surface area contributed by atoms with E-state index in [1.54, 1.807) is 6.92 Å². The summed E-state index contributed by atoms with van der Waals surface area (Å²) in [5.74, 6) is -0.0107. The molecule has 0 fully saturated rings. The van der Waals surface area contributed by atoms with Crippen LogP contribution in [-0.2, 0) is 4.79 Å². The van der Waals surface area contributed by atoms with Gasteiger partial charge in [0.1, 0.15) is 0 Å². The second kappa shape index (κ2) is 9.27. The Labute approximate surface area is 204 Å². The molecule has 0 N–H and O–H groups in total. The van der Waals surface area contributed by atoms with Gasteiger partial charge in [0.2, 0.25) is 5.91 Å². The van der Waals surface area contributed by atoms with Gasteiger partial charge in [-0.2, -0.15) is 0 Å². The maximum Gasteiger partial charge on any atom is 0.268 e. The zero-order valence-corrected chi connectivity index (χ0v) is 20.0. The highest BCUT2D eigenvalue weighted by atomic mass is 32.1. The standard InChI is InChI=1S/C29H26N2O2S/c1-20-19-26(31(21(2)32)23-13-7-4-8-14-23)24-15-9-10-16-25(24)30(20)29(33)28-18-17-27(34-28)22-11-5-3-6-12-22/h3-18,20,26H,19H2,1-2H3/t20-,26+/m0/s1. The van der Waals surface area contributed by atoms with Crippen molar-refractivity contribution >= 4 is 34.5 Å². The maximum absolute atomic E-state index is 13.8. The molecule has 0 saturated heterocycles. The number of hydrogen-bond donors (Lipinski definition) is 0. The molecule has 0 aliphatic carbocycles. The Morgan fingerprint density at radius 1 is 0.853 bits per heavy atom. The van der Waals surface area contributed by atoms with E-state index in [1.807, 2.05) is 94.7 Å². The fourth-order valence-corrected chi connectivity index (χ4v) is 5.78. The van der Waals surface area contributed by atoms with E-state index in [9.17, 15) is 9.59 Å². The predicted molar refractivity (Wildman–Crippen MR) is 139 cm³/mol. The topological polar surface area (TPSA) is 40.6 Å². The molecule has 0 saturated carbocycles. The van der Waals surface area contributed by atoms with E-state index in [1.165, 1.54) is 11.3 Å². The molecule has 1 aliphatic heterocycles. The van der Waals surface area contributed by atoms with E-state index >= 15 is 0 Å². The first-order valence-corrected chi connectivity index (χ1v) is 12.3. The number of hydrogen-bond acceptors (Lipinski definition) is 3. The predicted octanol–water partition coefficient (Wildman–Crippen LogP) is 6.95. The summed E-state index contributed by atoms with van der Waals surface area (Å²) in [6.07, 6.45) is 0.661. The highest BCUT2D eigenvalue weighted by Crippen LogP contribution is 2.43. The quantitative estimate of drug-likeness (QED) is 0.327. The van der Waals surface area contributed by atoms with E-state index in [4.69, 9.17) is 0 Å². The van der Waals surface area contributed by atoms with Crippen LogP contribution in [0.1, 0.15) is 41.5 Å². The van der Waals surface area contributed by atoms with Crippen LogP contribution >= 0.6 is 11.3 Å². The minimum absolute atomic E-state index is 0.000308. The van der Waals surface area contributed by atoms with Gasteiger partial charge in [0.05, 0.1) is 10.9 Å². The van der Waals surface area contributed by atoms with Gasteiger partial charge in [0, 0.05) is 29.2 Å². The summed E-state index contributed by atoms with van der Waals surface area (Å²) in [5.41, 5.74) is 3.84. The molecule has 34 heavy (non-hydrogen) atoms. The number of anilines is 2. The molecule has 5 heteroatoms. The lowest BCUT2D eigenvalue weighted by molar-refractivity contribution is -0.117. The Morgan fingerprint density at radius 3 is 2.21 bits per heavy atom. The highest BCUT2D eigenvalue weighted by molar-refractivity contribution is 7.17. The molecule has 1 aliphatic rings. The van der Waals surface area contributed by atoms with Gasteiger partial charge < -0.3 is 9.80 Å². The van der Waals surface area contributed by atoms with Crippen LogP contribution in [0.4, 0.5) is 11.4 Å². The molecular weight excluding hydrogens is 440 g/mol. The molecule has 170 valence electrons. The van der Waals surface area contributed by atoms with E-state index < -0.39 is 0 Å². The van der Waals surface area contributed by atoms with Crippen molar-refractivity contribution in [2.45, 2.75) is 32.4 Å². The fourth-order valence-electron chi connectivity index (χ4n) is 4.83. The van der Waals surface area contributed by atoms with Crippen LogP contribution < -0.4 is 9.80 Å². The fraction of sp³-hybridized carbons (Fsp3) is 0.172. The number of thiophene rings is 1. The number of benzene rings is 3. The molecule has 4 nitrogen and oxygen atoms in total. The average molecular weight is 467 g/mol. The van der Waals surface area contributed by atoms with E-state index in [0.717, 1.165) is 27.4 Å². The van der Waals surface area contributed by atoms with Crippen LogP contribution in [0.3, 0.4) is 0 Å². The van der Waals surface area contributed by atoms with E-state index in [2.05, 4.69) is 19.1 Å². The molecule has 2 heterocycles. The SMILES string of the molecule is CC(=O)N(c1ccccc1)[C@@H]1C[C@H](C)N(C(=O)c2ccc(-c3ccccc3)s2)c2ccccc21. The van der Waals surface area contributed by atoms with Crippen molar-refractivity contribution in [1.29, 1.82) is 0 Å². The second-order valence-corrected chi connectivity index (χ2v) is 9.67. The first-order chi connectivity index (χ1) is 16.5. The van der Waals surface area contributed by atoms with Crippen molar-refractivity contribution in [3.05, 3.63) is 108 Å². The monoisotopic (exact) mass is 466 g/mol. The number of carbonyl (C=O) groups excluding carboxylic acids is 2. The molecule has 1 aromatic heterocycles.